The summed E-state index contributed by atoms with van der Waals surface area (Å²) in [6.07, 6.45) is 3.61. The fourth-order valence-corrected chi connectivity index (χ4v) is 3.38. The summed E-state index contributed by atoms with van der Waals surface area (Å²) in [5, 5.41) is 9.42. The zero-order valence-corrected chi connectivity index (χ0v) is 11.2. The van der Waals surface area contributed by atoms with E-state index in [4.69, 9.17) is 0 Å². The van der Waals surface area contributed by atoms with Gasteiger partial charge in [-0.05, 0) is 53.5 Å². The van der Waals surface area contributed by atoms with Gasteiger partial charge in [0.25, 0.3) is 0 Å². The second-order valence-corrected chi connectivity index (χ2v) is 5.92. The minimum Gasteiger partial charge on any atom is -0.481 e. The molecule has 1 fully saturated rings. The van der Waals surface area contributed by atoms with E-state index in [1.165, 1.54) is 22.3 Å². The molecule has 2 aliphatic rings. The van der Waals surface area contributed by atoms with Crippen LogP contribution in [0.25, 0.3) is 11.1 Å². The highest BCUT2D eigenvalue weighted by atomic mass is 16.4. The first-order valence-electron chi connectivity index (χ1n) is 7.16. The van der Waals surface area contributed by atoms with Gasteiger partial charge in [0.15, 0.2) is 0 Å². The lowest BCUT2D eigenvalue weighted by atomic mass is 9.83. The van der Waals surface area contributed by atoms with Crippen molar-refractivity contribution in [1.82, 2.24) is 0 Å². The highest BCUT2D eigenvalue weighted by Crippen LogP contribution is 2.49. The Bertz CT molecular complexity index is 711. The van der Waals surface area contributed by atoms with E-state index in [2.05, 4.69) is 36.4 Å². The van der Waals surface area contributed by atoms with Crippen molar-refractivity contribution in [2.24, 2.45) is 0 Å². The van der Waals surface area contributed by atoms with Gasteiger partial charge in [-0.25, -0.2) is 0 Å². The minimum absolute atomic E-state index is 0.591. The molecule has 0 atom stereocenters. The van der Waals surface area contributed by atoms with Gasteiger partial charge in [0, 0.05) is 0 Å². The van der Waals surface area contributed by atoms with E-state index in [9.17, 15) is 9.90 Å². The Morgan fingerprint density at radius 2 is 1.65 bits per heavy atom. The maximum absolute atomic E-state index is 11.5. The third-order valence-electron chi connectivity index (χ3n) is 4.79. The van der Waals surface area contributed by atoms with E-state index in [-0.39, 0.29) is 0 Å². The molecule has 0 radical (unpaired) electrons. The topological polar surface area (TPSA) is 37.3 Å². The number of fused-ring (bicyclic) bond motifs is 3. The molecule has 1 saturated carbocycles. The molecule has 0 unspecified atom stereocenters. The largest absolute Gasteiger partial charge is 0.481 e. The van der Waals surface area contributed by atoms with Crippen molar-refractivity contribution in [2.45, 2.75) is 31.1 Å². The van der Waals surface area contributed by atoms with Gasteiger partial charge in [0.1, 0.15) is 0 Å². The van der Waals surface area contributed by atoms with Gasteiger partial charge in [-0.2, -0.15) is 0 Å². The van der Waals surface area contributed by atoms with Crippen LogP contribution in [0.5, 0.6) is 0 Å². The second kappa shape index (κ2) is 3.95. The summed E-state index contributed by atoms with van der Waals surface area (Å²) in [5.41, 5.74) is 5.67. The molecule has 1 N–H and O–H groups in total. The zero-order valence-electron chi connectivity index (χ0n) is 11.2. The van der Waals surface area contributed by atoms with Crippen LogP contribution < -0.4 is 0 Å². The van der Waals surface area contributed by atoms with E-state index >= 15 is 0 Å². The fraction of sp³-hybridized carbons (Fsp3) is 0.278. The van der Waals surface area contributed by atoms with Crippen LogP contribution in [0, 0.1) is 0 Å². The van der Waals surface area contributed by atoms with Crippen molar-refractivity contribution in [3.05, 3.63) is 59.2 Å². The average Bonchev–Trinajstić information content (AvgIpc) is 3.28. The molecule has 0 heterocycles. The second-order valence-electron chi connectivity index (χ2n) is 5.92. The Balaban J connectivity index is 1.83. The number of carboxylic acid groups (broad SMARTS) is 1. The lowest BCUT2D eigenvalue weighted by molar-refractivity contribution is -0.140. The number of aryl methyl sites for hydroxylation is 2. The first-order chi connectivity index (χ1) is 9.71. The number of rotatable bonds is 2. The molecule has 0 spiro atoms. The molecule has 4 rings (SSSR count). The van der Waals surface area contributed by atoms with Crippen LogP contribution >= 0.6 is 0 Å². The van der Waals surface area contributed by atoms with Gasteiger partial charge in [0.05, 0.1) is 5.41 Å². The van der Waals surface area contributed by atoms with Crippen molar-refractivity contribution in [1.29, 1.82) is 0 Å². The predicted octanol–water partition coefficient (Wildman–Crippen LogP) is 3.57. The SMILES string of the molecule is O=C(O)C1(c2ccc3c(c2)CCc2ccccc2-3)CC1. The normalized spacial score (nSPS) is 18.0. The molecule has 100 valence electrons. The van der Waals surface area contributed by atoms with Gasteiger partial charge in [-0.1, -0.05) is 42.5 Å². The summed E-state index contributed by atoms with van der Waals surface area (Å²) >= 11 is 0. The summed E-state index contributed by atoms with van der Waals surface area (Å²) in [6, 6.07) is 14.8. The summed E-state index contributed by atoms with van der Waals surface area (Å²) in [5.74, 6) is -0.673. The third-order valence-corrected chi connectivity index (χ3v) is 4.79. The molecule has 2 aromatic carbocycles. The van der Waals surface area contributed by atoms with Crippen LogP contribution in [-0.2, 0) is 23.1 Å². The van der Waals surface area contributed by atoms with E-state index in [1.807, 2.05) is 6.07 Å². The van der Waals surface area contributed by atoms with Crippen LogP contribution in [0.1, 0.15) is 29.5 Å². The third kappa shape index (κ3) is 1.54. The molecule has 0 aliphatic heterocycles. The summed E-state index contributed by atoms with van der Waals surface area (Å²) in [6.45, 7) is 0. The van der Waals surface area contributed by atoms with Gasteiger partial charge in [-0.15, -0.1) is 0 Å². The van der Waals surface area contributed by atoms with Crippen LogP contribution in [0.3, 0.4) is 0 Å². The smallest absolute Gasteiger partial charge is 0.314 e. The number of carbonyl (C=O) groups is 1. The van der Waals surface area contributed by atoms with Crippen LogP contribution in [-0.4, -0.2) is 11.1 Å². The Hall–Kier alpha value is -2.09. The Labute approximate surface area is 118 Å². The molecular weight excluding hydrogens is 248 g/mol. The Kier molecular flexibility index (Phi) is 2.31. The molecule has 0 aromatic heterocycles. The molecule has 2 nitrogen and oxygen atoms in total. The summed E-state index contributed by atoms with van der Waals surface area (Å²) < 4.78 is 0. The van der Waals surface area contributed by atoms with Gasteiger partial charge in [-0.3, -0.25) is 4.79 Å². The molecular formula is C18H16O2. The van der Waals surface area contributed by atoms with Crippen molar-refractivity contribution in [2.75, 3.05) is 0 Å². The maximum Gasteiger partial charge on any atom is 0.314 e. The summed E-state index contributed by atoms with van der Waals surface area (Å²) in [7, 11) is 0. The monoisotopic (exact) mass is 264 g/mol. The highest BCUT2D eigenvalue weighted by Gasteiger charge is 2.51. The fourth-order valence-electron chi connectivity index (χ4n) is 3.38. The maximum atomic E-state index is 11.5. The number of carboxylic acids is 1. The lowest BCUT2D eigenvalue weighted by Crippen LogP contribution is -2.20. The van der Waals surface area contributed by atoms with Crippen molar-refractivity contribution in [3.63, 3.8) is 0 Å². The van der Waals surface area contributed by atoms with E-state index in [1.54, 1.807) is 0 Å². The molecule has 0 saturated heterocycles. The highest BCUT2D eigenvalue weighted by molar-refractivity contribution is 5.85. The predicted molar refractivity (Wildman–Crippen MR) is 77.8 cm³/mol. The average molecular weight is 264 g/mol. The molecule has 20 heavy (non-hydrogen) atoms. The first-order valence-corrected chi connectivity index (χ1v) is 7.16. The van der Waals surface area contributed by atoms with E-state index in [0.717, 1.165) is 31.2 Å². The summed E-state index contributed by atoms with van der Waals surface area (Å²) in [4.78, 5) is 11.5. The lowest BCUT2D eigenvalue weighted by Gasteiger charge is -2.21. The van der Waals surface area contributed by atoms with Crippen molar-refractivity contribution >= 4 is 5.97 Å². The molecule has 0 bridgehead atoms. The van der Waals surface area contributed by atoms with Crippen molar-refractivity contribution in [3.8, 4) is 11.1 Å². The molecule has 0 amide bonds. The van der Waals surface area contributed by atoms with Crippen LogP contribution in [0.2, 0.25) is 0 Å². The number of hydrogen-bond donors (Lipinski definition) is 1. The zero-order chi connectivity index (χ0) is 13.7. The Morgan fingerprint density at radius 1 is 0.950 bits per heavy atom. The van der Waals surface area contributed by atoms with Gasteiger partial charge in [0.2, 0.25) is 0 Å². The number of benzene rings is 2. The minimum atomic E-state index is -0.673. The van der Waals surface area contributed by atoms with Crippen molar-refractivity contribution < 1.29 is 9.90 Å². The number of aliphatic carboxylic acids is 1. The number of hydrogen-bond acceptors (Lipinski definition) is 1. The van der Waals surface area contributed by atoms with E-state index < -0.39 is 11.4 Å². The van der Waals surface area contributed by atoms with Crippen LogP contribution in [0.4, 0.5) is 0 Å². The molecule has 2 heteroatoms. The molecule has 2 aliphatic carbocycles. The molecule has 2 aromatic rings. The van der Waals surface area contributed by atoms with Gasteiger partial charge < -0.3 is 5.11 Å². The van der Waals surface area contributed by atoms with Crippen LogP contribution in [0.15, 0.2) is 42.5 Å². The first kappa shape index (κ1) is 11.7. The van der Waals surface area contributed by atoms with Gasteiger partial charge >= 0.3 is 5.97 Å². The Morgan fingerprint density at radius 3 is 2.40 bits per heavy atom. The standard InChI is InChI=1S/C18H16O2/c19-17(20)18(9-10-18)14-7-8-16-13(11-14)6-5-12-3-1-2-4-15(12)16/h1-4,7-8,11H,5-6,9-10H2,(H,19,20). The quantitative estimate of drug-likeness (QED) is 0.900. The van der Waals surface area contributed by atoms with E-state index in [0.29, 0.717) is 0 Å².